The minimum absolute atomic E-state index is 0.0881. The maximum Gasteiger partial charge on any atom is 0.263 e. The minimum Gasteiger partial charge on any atom is -0.497 e. The van der Waals surface area contributed by atoms with Gasteiger partial charge in [-0.25, -0.2) is 8.42 Å². The summed E-state index contributed by atoms with van der Waals surface area (Å²) in [5.41, 5.74) is 1.83. The van der Waals surface area contributed by atoms with Gasteiger partial charge in [-0.1, -0.05) is 11.6 Å². The van der Waals surface area contributed by atoms with E-state index in [1.54, 1.807) is 56.4 Å². The Kier molecular flexibility index (Phi) is 7.09. The van der Waals surface area contributed by atoms with Crippen molar-refractivity contribution in [2.45, 2.75) is 31.0 Å². The number of nitrogens with one attached hydrogen (secondary N) is 1. The van der Waals surface area contributed by atoms with Crippen molar-refractivity contribution in [2.75, 3.05) is 18.9 Å². The number of carbonyl (C=O) groups excluding carboxylic acids is 1. The molecule has 1 atom stereocenters. The fourth-order valence-corrected chi connectivity index (χ4v) is 4.99. The molecule has 1 N–H and O–H groups in total. The second kappa shape index (κ2) is 10.1. The van der Waals surface area contributed by atoms with Crippen molar-refractivity contribution >= 4 is 33.2 Å². The lowest BCUT2D eigenvalue weighted by Crippen LogP contribution is -2.37. The van der Waals surface area contributed by atoms with Crippen molar-refractivity contribution in [1.29, 1.82) is 0 Å². The van der Waals surface area contributed by atoms with E-state index in [9.17, 15) is 13.2 Å². The zero-order chi connectivity index (χ0) is 25.2. The Balaban J connectivity index is 1.61. The summed E-state index contributed by atoms with van der Waals surface area (Å²) in [5.74, 6) is 1.57. The molecule has 10 heteroatoms. The first kappa shape index (κ1) is 24.7. The molecule has 1 aliphatic heterocycles. The maximum absolute atomic E-state index is 13.1. The molecule has 3 aromatic rings. The average Bonchev–Trinajstić information content (AvgIpc) is 2.95. The van der Waals surface area contributed by atoms with Gasteiger partial charge in [-0.3, -0.25) is 9.52 Å². The first-order chi connectivity index (χ1) is 16.7. The Hall–Kier alpha value is -3.43. The number of sulfonamides is 1. The summed E-state index contributed by atoms with van der Waals surface area (Å²) in [7, 11) is -0.694. The van der Waals surface area contributed by atoms with Gasteiger partial charge in [0, 0.05) is 41.0 Å². The third-order valence-electron chi connectivity index (χ3n) is 5.62. The quantitative estimate of drug-likeness (QED) is 0.498. The molecule has 0 bridgehead atoms. The fraction of sp³-hybridized carbons (Fsp3) is 0.240. The van der Waals surface area contributed by atoms with Crippen molar-refractivity contribution in [3.63, 3.8) is 0 Å². The second-order valence-corrected chi connectivity index (χ2v) is 10.1. The van der Waals surface area contributed by atoms with Gasteiger partial charge in [-0.15, -0.1) is 0 Å². The molecule has 0 aromatic heterocycles. The van der Waals surface area contributed by atoms with Gasteiger partial charge in [0.1, 0.15) is 17.2 Å². The van der Waals surface area contributed by atoms with E-state index >= 15 is 0 Å². The van der Waals surface area contributed by atoms with E-state index in [1.807, 2.05) is 6.07 Å². The van der Waals surface area contributed by atoms with E-state index in [1.165, 1.54) is 24.3 Å². The molecule has 0 aliphatic carbocycles. The predicted molar refractivity (Wildman–Crippen MR) is 133 cm³/mol. The van der Waals surface area contributed by atoms with Crippen LogP contribution in [-0.2, 0) is 27.9 Å². The number of hydrogen-bond donors (Lipinski definition) is 1. The van der Waals surface area contributed by atoms with E-state index in [4.69, 9.17) is 25.8 Å². The van der Waals surface area contributed by atoms with Gasteiger partial charge in [0.05, 0.1) is 19.1 Å². The Morgan fingerprint density at radius 3 is 2.49 bits per heavy atom. The molecule has 8 nitrogen and oxygen atoms in total. The number of amides is 1. The van der Waals surface area contributed by atoms with Crippen LogP contribution < -0.4 is 18.9 Å². The summed E-state index contributed by atoms with van der Waals surface area (Å²) in [6.07, 6.45) is -0.711. The normalized spacial score (nSPS) is 15.6. The van der Waals surface area contributed by atoms with Crippen LogP contribution in [0.25, 0.3) is 0 Å². The van der Waals surface area contributed by atoms with Crippen LogP contribution in [-0.4, -0.2) is 39.5 Å². The number of carbonyl (C=O) groups is 1. The molecule has 0 saturated heterocycles. The number of halogens is 1. The topological polar surface area (TPSA) is 94.2 Å². The van der Waals surface area contributed by atoms with Crippen LogP contribution in [0.3, 0.4) is 0 Å². The molecular weight excluding hydrogens is 492 g/mol. The third-order valence-corrected chi connectivity index (χ3v) is 7.27. The number of benzene rings is 3. The number of nitrogens with zero attached hydrogens (tertiary/aromatic N) is 1. The zero-order valence-electron chi connectivity index (χ0n) is 19.4. The third kappa shape index (κ3) is 5.47. The number of fused-ring (bicyclic) bond motifs is 1. The molecule has 1 aliphatic rings. The van der Waals surface area contributed by atoms with E-state index in [0.29, 0.717) is 33.5 Å². The van der Waals surface area contributed by atoms with Crippen molar-refractivity contribution in [2.24, 2.45) is 0 Å². The molecule has 4 rings (SSSR count). The van der Waals surface area contributed by atoms with Crippen molar-refractivity contribution in [1.82, 2.24) is 4.90 Å². The largest absolute Gasteiger partial charge is 0.497 e. The second-order valence-electron chi connectivity index (χ2n) is 8.01. The van der Waals surface area contributed by atoms with Crippen LogP contribution >= 0.6 is 11.6 Å². The number of hydrogen-bond acceptors (Lipinski definition) is 6. The summed E-state index contributed by atoms with van der Waals surface area (Å²) in [6, 6.07) is 16.2. The van der Waals surface area contributed by atoms with Crippen LogP contribution in [0.4, 0.5) is 5.69 Å². The lowest BCUT2D eigenvalue weighted by atomic mass is 10.1. The molecule has 1 unspecified atom stereocenters. The molecule has 1 amide bonds. The molecule has 0 saturated carbocycles. The molecule has 0 radical (unpaired) electrons. The molecule has 0 fully saturated rings. The standard InChI is InChI=1S/C25H25ClN2O6S/c1-16-25(29)28(14-17-4-8-21(32-2)13-24(17)33-3)15-18-12-20(7-11-23(18)34-16)27-35(30,31)22-9-5-19(26)6-10-22/h4-13,16,27H,14-15H2,1-3H3. The molecular formula is C25H25ClN2O6S. The first-order valence-electron chi connectivity index (χ1n) is 10.8. The van der Waals surface area contributed by atoms with Crippen molar-refractivity contribution in [3.05, 3.63) is 76.8 Å². The molecule has 1 heterocycles. The minimum atomic E-state index is -3.82. The highest BCUT2D eigenvalue weighted by Gasteiger charge is 2.29. The SMILES string of the molecule is COc1ccc(CN2Cc3cc(NS(=O)(=O)c4ccc(Cl)cc4)ccc3OC(C)C2=O)c(OC)c1. The number of ether oxygens (including phenoxy) is 3. The lowest BCUT2D eigenvalue weighted by Gasteiger charge is -2.23. The summed E-state index contributed by atoms with van der Waals surface area (Å²) in [5, 5.41) is 0.443. The Bertz CT molecular complexity index is 1340. The predicted octanol–water partition coefficient (Wildman–Crippen LogP) is 4.47. The molecule has 3 aromatic carbocycles. The summed E-state index contributed by atoms with van der Waals surface area (Å²) < 4.78 is 44.8. The fourth-order valence-electron chi connectivity index (χ4n) is 3.81. The van der Waals surface area contributed by atoms with Gasteiger partial charge in [0.25, 0.3) is 15.9 Å². The lowest BCUT2D eigenvalue weighted by molar-refractivity contribution is -0.138. The van der Waals surface area contributed by atoms with Gasteiger partial charge < -0.3 is 19.1 Å². The zero-order valence-corrected chi connectivity index (χ0v) is 21.0. The van der Waals surface area contributed by atoms with Crippen LogP contribution in [0.2, 0.25) is 5.02 Å². The highest BCUT2D eigenvalue weighted by Crippen LogP contribution is 2.32. The number of anilines is 1. The van der Waals surface area contributed by atoms with Gasteiger partial charge >= 0.3 is 0 Å². The number of rotatable bonds is 7. The van der Waals surface area contributed by atoms with E-state index in [0.717, 1.165) is 5.56 Å². The summed E-state index contributed by atoms with van der Waals surface area (Å²) >= 11 is 5.87. The average molecular weight is 517 g/mol. The summed E-state index contributed by atoms with van der Waals surface area (Å²) in [4.78, 5) is 14.8. The van der Waals surface area contributed by atoms with Crippen LogP contribution in [0.5, 0.6) is 17.2 Å². The molecule has 0 spiro atoms. The van der Waals surface area contributed by atoms with Gasteiger partial charge in [-0.05, 0) is 61.5 Å². The molecule has 184 valence electrons. The Labute approximate surface area is 209 Å². The highest BCUT2D eigenvalue weighted by molar-refractivity contribution is 7.92. The van der Waals surface area contributed by atoms with Crippen molar-refractivity contribution in [3.8, 4) is 17.2 Å². The van der Waals surface area contributed by atoms with Crippen LogP contribution in [0.15, 0.2) is 65.6 Å². The first-order valence-corrected chi connectivity index (χ1v) is 12.6. The molecule has 35 heavy (non-hydrogen) atoms. The monoisotopic (exact) mass is 516 g/mol. The number of methoxy groups -OCH3 is 2. The van der Waals surface area contributed by atoms with Crippen LogP contribution in [0.1, 0.15) is 18.1 Å². The maximum atomic E-state index is 13.1. The van der Waals surface area contributed by atoms with E-state index in [2.05, 4.69) is 4.72 Å². The summed E-state index contributed by atoms with van der Waals surface area (Å²) in [6.45, 7) is 2.19. The Morgan fingerprint density at radius 1 is 1.06 bits per heavy atom. The highest BCUT2D eigenvalue weighted by atomic mass is 35.5. The van der Waals surface area contributed by atoms with Gasteiger partial charge in [-0.2, -0.15) is 0 Å². The smallest absolute Gasteiger partial charge is 0.263 e. The van der Waals surface area contributed by atoms with Crippen molar-refractivity contribution < 1.29 is 27.4 Å². The Morgan fingerprint density at radius 2 is 1.80 bits per heavy atom. The van der Waals surface area contributed by atoms with E-state index in [-0.39, 0.29) is 23.9 Å². The van der Waals surface area contributed by atoms with Gasteiger partial charge in [0.15, 0.2) is 6.10 Å². The van der Waals surface area contributed by atoms with E-state index < -0.39 is 16.1 Å². The van der Waals surface area contributed by atoms with Crippen LogP contribution in [0, 0.1) is 0 Å². The van der Waals surface area contributed by atoms with Gasteiger partial charge in [0.2, 0.25) is 0 Å².